The molecule has 0 saturated carbocycles. The third-order valence-electron chi connectivity index (χ3n) is 4.24. The molecule has 1 aliphatic heterocycles. The number of anilines is 1. The summed E-state index contributed by atoms with van der Waals surface area (Å²) >= 11 is 0.813. The van der Waals surface area contributed by atoms with Gasteiger partial charge in [-0.05, 0) is 18.6 Å². The minimum Gasteiger partial charge on any atom is -0.396 e. The van der Waals surface area contributed by atoms with Crippen molar-refractivity contribution in [3.8, 4) is 11.1 Å². The van der Waals surface area contributed by atoms with E-state index < -0.39 is 15.9 Å². The zero-order valence-corrected chi connectivity index (χ0v) is 16.2. The number of carbonyl (C=O) groups excluding carboxylic acids is 2. The highest BCUT2D eigenvalue weighted by molar-refractivity contribution is 7.91. The van der Waals surface area contributed by atoms with E-state index in [4.69, 9.17) is 16.2 Å². The molecule has 4 N–H and O–H groups in total. The minimum absolute atomic E-state index is 0.0506. The summed E-state index contributed by atoms with van der Waals surface area (Å²) in [6, 6.07) is 6.40. The van der Waals surface area contributed by atoms with Gasteiger partial charge in [0.1, 0.15) is 0 Å². The number of sulfonamides is 1. The van der Waals surface area contributed by atoms with Gasteiger partial charge in [0, 0.05) is 24.2 Å². The number of amides is 1. The molecule has 0 radical (unpaired) electrons. The van der Waals surface area contributed by atoms with Crippen LogP contribution in [0.1, 0.15) is 27.0 Å². The fraction of sp³-hybridized carbons (Fsp3) is 0.294. The van der Waals surface area contributed by atoms with Crippen molar-refractivity contribution in [1.82, 2.24) is 4.31 Å². The lowest BCUT2D eigenvalue weighted by atomic mass is 9.98. The predicted molar refractivity (Wildman–Crippen MR) is 102 cm³/mol. The van der Waals surface area contributed by atoms with E-state index in [1.807, 2.05) is 0 Å². The first kappa shape index (κ1) is 19.5. The van der Waals surface area contributed by atoms with Crippen LogP contribution in [-0.4, -0.2) is 50.7 Å². The average molecular weight is 409 g/mol. The molecule has 1 aliphatic rings. The number of nitrogens with two attached hydrogens (primary N) is 2. The van der Waals surface area contributed by atoms with E-state index in [-0.39, 0.29) is 44.8 Å². The maximum atomic E-state index is 13.0. The highest BCUT2D eigenvalue weighted by Gasteiger charge is 2.34. The second kappa shape index (κ2) is 7.39. The monoisotopic (exact) mass is 409 g/mol. The summed E-state index contributed by atoms with van der Waals surface area (Å²) in [7, 11) is -3.89. The number of hydrogen-bond donors (Lipinski definition) is 2. The van der Waals surface area contributed by atoms with Crippen LogP contribution >= 0.6 is 11.3 Å². The Morgan fingerprint density at radius 3 is 2.41 bits per heavy atom. The average Bonchev–Trinajstić information content (AvgIpc) is 3.00. The molecule has 1 amide bonds. The molecule has 10 heteroatoms. The van der Waals surface area contributed by atoms with E-state index in [9.17, 15) is 18.0 Å². The van der Waals surface area contributed by atoms with E-state index in [0.29, 0.717) is 18.8 Å². The molecule has 0 aliphatic carbocycles. The van der Waals surface area contributed by atoms with Gasteiger partial charge >= 0.3 is 0 Å². The van der Waals surface area contributed by atoms with Gasteiger partial charge in [0.2, 0.25) is 5.91 Å². The van der Waals surface area contributed by atoms with E-state index >= 15 is 0 Å². The second-order valence-electron chi connectivity index (χ2n) is 5.99. The highest BCUT2D eigenvalue weighted by atomic mass is 32.2. The van der Waals surface area contributed by atoms with Crippen molar-refractivity contribution < 1.29 is 22.7 Å². The summed E-state index contributed by atoms with van der Waals surface area (Å²) in [5, 5.41) is 0. The number of rotatable bonds is 5. The fourth-order valence-electron chi connectivity index (χ4n) is 2.95. The summed E-state index contributed by atoms with van der Waals surface area (Å²) < 4.78 is 32.5. The molecule has 2 aromatic rings. The molecule has 0 unspecified atom stereocenters. The molecule has 144 valence electrons. The minimum atomic E-state index is -3.89. The van der Waals surface area contributed by atoms with E-state index in [1.165, 1.54) is 17.3 Å². The van der Waals surface area contributed by atoms with Crippen LogP contribution in [0, 0.1) is 0 Å². The molecule has 0 spiro atoms. The smallest absolute Gasteiger partial charge is 0.254 e. The largest absolute Gasteiger partial charge is 0.396 e. The Balaban J connectivity index is 2.23. The number of nitrogens with zero attached hydrogens (tertiary/aromatic N) is 1. The predicted octanol–water partition coefficient (Wildman–Crippen LogP) is 1.32. The van der Waals surface area contributed by atoms with Crippen molar-refractivity contribution in [2.45, 2.75) is 11.1 Å². The number of hydrogen-bond acceptors (Lipinski definition) is 7. The number of thiophene rings is 1. The summed E-state index contributed by atoms with van der Waals surface area (Å²) in [4.78, 5) is 24.2. The Kier molecular flexibility index (Phi) is 5.33. The Hall–Kier alpha value is -2.27. The molecule has 27 heavy (non-hydrogen) atoms. The van der Waals surface area contributed by atoms with E-state index in [0.717, 1.165) is 11.3 Å². The lowest BCUT2D eigenvalue weighted by Crippen LogP contribution is -2.40. The van der Waals surface area contributed by atoms with Gasteiger partial charge in [0.05, 0.1) is 23.8 Å². The zero-order chi connectivity index (χ0) is 19.8. The summed E-state index contributed by atoms with van der Waals surface area (Å²) in [5.74, 6) is -1.03. The van der Waals surface area contributed by atoms with Crippen LogP contribution in [0.2, 0.25) is 0 Å². The van der Waals surface area contributed by atoms with Crippen molar-refractivity contribution in [2.75, 3.05) is 32.0 Å². The first-order valence-corrected chi connectivity index (χ1v) is 10.4. The number of carbonyl (C=O) groups is 2. The van der Waals surface area contributed by atoms with Crippen LogP contribution in [-0.2, 0) is 14.8 Å². The molecule has 3 rings (SSSR count). The SMILES string of the molecule is CC(=O)c1sc(S(=O)(=O)N2CCOCC2)c(N)c1-c1ccccc1C(N)=O. The maximum absolute atomic E-state index is 13.0. The standard InChI is InChI=1S/C17H19N3O5S2/c1-10(21)15-13(11-4-2-3-5-12(11)16(19)22)14(18)17(26-15)27(23,24)20-6-8-25-9-7-20/h2-5H,6-9,18H2,1H3,(H2,19,22). The Morgan fingerprint density at radius 2 is 1.81 bits per heavy atom. The first-order chi connectivity index (χ1) is 12.7. The molecular formula is C17H19N3O5S2. The third-order valence-corrected chi connectivity index (χ3v) is 7.95. The van der Waals surface area contributed by atoms with Crippen LogP contribution < -0.4 is 11.5 Å². The quantitative estimate of drug-likeness (QED) is 0.716. The van der Waals surface area contributed by atoms with Crippen LogP contribution in [0.3, 0.4) is 0 Å². The van der Waals surface area contributed by atoms with Gasteiger partial charge in [-0.25, -0.2) is 8.42 Å². The molecule has 1 saturated heterocycles. The van der Waals surface area contributed by atoms with Crippen molar-refractivity contribution in [3.05, 3.63) is 34.7 Å². The molecule has 0 bridgehead atoms. The molecule has 1 aromatic carbocycles. The number of nitrogen functional groups attached to an aromatic ring is 1. The van der Waals surface area contributed by atoms with Crippen molar-refractivity contribution >= 4 is 38.7 Å². The van der Waals surface area contributed by atoms with Crippen molar-refractivity contribution in [2.24, 2.45) is 5.73 Å². The zero-order valence-electron chi connectivity index (χ0n) is 14.6. The number of Topliss-reactive ketones (excluding diaryl/α,β-unsaturated/α-hetero) is 1. The summed E-state index contributed by atoms with van der Waals surface area (Å²) in [5.41, 5.74) is 12.3. The third kappa shape index (κ3) is 3.48. The molecule has 0 atom stereocenters. The van der Waals surface area contributed by atoms with Gasteiger partial charge in [-0.15, -0.1) is 11.3 Å². The second-order valence-corrected chi connectivity index (χ2v) is 9.14. The van der Waals surface area contributed by atoms with Crippen LogP contribution in [0.4, 0.5) is 5.69 Å². The van der Waals surface area contributed by atoms with E-state index in [2.05, 4.69) is 0 Å². The molecule has 1 aromatic heterocycles. The number of ketones is 1. The summed E-state index contributed by atoms with van der Waals surface area (Å²) in [6.07, 6.45) is 0. The van der Waals surface area contributed by atoms with Gasteiger partial charge in [0.15, 0.2) is 9.99 Å². The van der Waals surface area contributed by atoms with Gasteiger partial charge < -0.3 is 16.2 Å². The molecule has 1 fully saturated rings. The normalized spacial score (nSPS) is 15.6. The van der Waals surface area contributed by atoms with Gasteiger partial charge in [0.25, 0.3) is 10.0 Å². The highest BCUT2D eigenvalue weighted by Crippen LogP contribution is 2.43. The number of primary amides is 1. The molecular weight excluding hydrogens is 390 g/mol. The van der Waals surface area contributed by atoms with Crippen LogP contribution in [0.25, 0.3) is 11.1 Å². The van der Waals surface area contributed by atoms with Gasteiger partial charge in [-0.1, -0.05) is 18.2 Å². The maximum Gasteiger partial charge on any atom is 0.254 e. The lowest BCUT2D eigenvalue weighted by molar-refractivity contribution is 0.0731. The lowest BCUT2D eigenvalue weighted by Gasteiger charge is -2.25. The van der Waals surface area contributed by atoms with Gasteiger partial charge in [-0.2, -0.15) is 4.31 Å². The Morgan fingerprint density at radius 1 is 1.19 bits per heavy atom. The summed E-state index contributed by atoms with van der Waals surface area (Å²) in [6.45, 7) is 2.33. The van der Waals surface area contributed by atoms with Crippen LogP contribution in [0.15, 0.2) is 28.5 Å². The number of benzene rings is 1. The molecule has 2 heterocycles. The number of morpholine rings is 1. The first-order valence-electron chi connectivity index (χ1n) is 8.15. The Bertz CT molecular complexity index is 1010. The van der Waals surface area contributed by atoms with Crippen molar-refractivity contribution in [1.29, 1.82) is 0 Å². The van der Waals surface area contributed by atoms with E-state index in [1.54, 1.807) is 18.2 Å². The Labute approximate surface area is 160 Å². The van der Waals surface area contributed by atoms with Crippen LogP contribution in [0.5, 0.6) is 0 Å². The van der Waals surface area contributed by atoms with Crippen molar-refractivity contribution in [3.63, 3.8) is 0 Å². The fourth-order valence-corrected chi connectivity index (χ4v) is 6.05. The topological polar surface area (TPSA) is 133 Å². The molecule has 8 nitrogen and oxygen atoms in total. The number of ether oxygens (including phenoxy) is 1. The van der Waals surface area contributed by atoms with Gasteiger partial charge in [-0.3, -0.25) is 9.59 Å².